The molecule has 0 spiro atoms. The molecule has 3 rings (SSSR count). The van der Waals surface area contributed by atoms with Gasteiger partial charge in [-0.3, -0.25) is 4.79 Å². The first kappa shape index (κ1) is 23.7. The third-order valence-corrected chi connectivity index (χ3v) is 7.14. The standard InChI is InChI=1S/C21H21F3N2O5S/c1-31-20(28)15-5-4-6-16(13-15)25-19(27)14-9-11-26(12-10-14)32(29,30)18-8-3-2-7-17(18)21(22,23)24/h2-8,13-14H,9-12H2,1H3,(H,25,27). The SMILES string of the molecule is COC(=O)c1cccc(NC(=O)C2CCN(S(=O)(=O)c3ccccc3C(F)(F)F)CC2)c1. The summed E-state index contributed by atoms with van der Waals surface area (Å²) in [5.74, 6) is -1.44. The zero-order valence-corrected chi connectivity index (χ0v) is 17.9. The van der Waals surface area contributed by atoms with Crippen molar-refractivity contribution in [3.63, 3.8) is 0 Å². The molecule has 0 atom stereocenters. The lowest BCUT2D eigenvalue weighted by atomic mass is 9.97. The highest BCUT2D eigenvalue weighted by Crippen LogP contribution is 2.36. The number of nitrogens with one attached hydrogen (secondary N) is 1. The second kappa shape index (κ2) is 9.29. The van der Waals surface area contributed by atoms with Crippen LogP contribution in [0.4, 0.5) is 18.9 Å². The molecule has 7 nitrogen and oxygen atoms in total. The predicted molar refractivity (Wildman–Crippen MR) is 109 cm³/mol. The molecule has 0 bridgehead atoms. The molecule has 0 aromatic heterocycles. The van der Waals surface area contributed by atoms with Crippen LogP contribution in [0.5, 0.6) is 0 Å². The van der Waals surface area contributed by atoms with Gasteiger partial charge in [0.2, 0.25) is 15.9 Å². The van der Waals surface area contributed by atoms with Crippen molar-refractivity contribution in [1.82, 2.24) is 4.31 Å². The van der Waals surface area contributed by atoms with E-state index in [4.69, 9.17) is 0 Å². The highest BCUT2D eigenvalue weighted by atomic mass is 32.2. The van der Waals surface area contributed by atoms with Gasteiger partial charge in [-0.1, -0.05) is 18.2 Å². The Morgan fingerprint density at radius 1 is 1.06 bits per heavy atom. The Morgan fingerprint density at radius 2 is 1.72 bits per heavy atom. The van der Waals surface area contributed by atoms with Gasteiger partial charge in [0.1, 0.15) is 0 Å². The number of ether oxygens (including phenoxy) is 1. The van der Waals surface area contributed by atoms with Crippen molar-refractivity contribution < 1.29 is 35.9 Å². The summed E-state index contributed by atoms with van der Waals surface area (Å²) in [5, 5.41) is 2.68. The minimum absolute atomic E-state index is 0.0885. The van der Waals surface area contributed by atoms with Gasteiger partial charge in [-0.25, -0.2) is 13.2 Å². The number of alkyl halides is 3. The molecule has 1 saturated heterocycles. The van der Waals surface area contributed by atoms with Crippen molar-refractivity contribution in [3.05, 3.63) is 59.7 Å². The van der Waals surface area contributed by atoms with Gasteiger partial charge in [0.05, 0.1) is 23.1 Å². The Hall–Kier alpha value is -2.92. The molecular formula is C21H21F3N2O5S. The average molecular weight is 470 g/mol. The number of anilines is 1. The lowest BCUT2D eigenvalue weighted by molar-refractivity contribution is -0.139. The highest BCUT2D eigenvalue weighted by molar-refractivity contribution is 7.89. The Bertz CT molecular complexity index is 1110. The van der Waals surface area contributed by atoms with Crippen molar-refractivity contribution in [2.75, 3.05) is 25.5 Å². The average Bonchev–Trinajstić information content (AvgIpc) is 2.78. The van der Waals surface area contributed by atoms with E-state index in [1.807, 2.05) is 0 Å². The van der Waals surface area contributed by atoms with Crippen LogP contribution in [0.25, 0.3) is 0 Å². The molecule has 0 radical (unpaired) electrons. The fraction of sp³-hybridized carbons (Fsp3) is 0.333. The summed E-state index contributed by atoms with van der Waals surface area (Å²) in [5.41, 5.74) is -0.577. The highest BCUT2D eigenvalue weighted by Gasteiger charge is 2.40. The number of hydrogen-bond acceptors (Lipinski definition) is 5. The Balaban J connectivity index is 1.68. The normalized spacial score (nSPS) is 15.9. The molecular weight excluding hydrogens is 449 g/mol. The fourth-order valence-electron chi connectivity index (χ4n) is 3.51. The molecule has 2 aromatic carbocycles. The van der Waals surface area contributed by atoms with Crippen LogP contribution < -0.4 is 5.32 Å². The molecule has 1 aliphatic rings. The van der Waals surface area contributed by atoms with Crippen LogP contribution in [0.3, 0.4) is 0 Å². The number of halogens is 3. The summed E-state index contributed by atoms with van der Waals surface area (Å²) in [4.78, 5) is 23.4. The number of rotatable bonds is 5. The molecule has 1 heterocycles. The first-order valence-electron chi connectivity index (χ1n) is 9.69. The van der Waals surface area contributed by atoms with Crippen LogP contribution >= 0.6 is 0 Å². The maximum Gasteiger partial charge on any atom is 0.417 e. The number of esters is 1. The maximum absolute atomic E-state index is 13.3. The molecule has 11 heteroatoms. The number of benzene rings is 2. The van der Waals surface area contributed by atoms with Crippen molar-refractivity contribution in [2.45, 2.75) is 23.9 Å². The number of methoxy groups -OCH3 is 1. The minimum atomic E-state index is -4.80. The van der Waals surface area contributed by atoms with E-state index in [0.717, 1.165) is 22.5 Å². The predicted octanol–water partition coefficient (Wildman–Crippen LogP) is 3.53. The third kappa shape index (κ3) is 5.10. The van der Waals surface area contributed by atoms with Gasteiger partial charge in [-0.15, -0.1) is 0 Å². The lowest BCUT2D eigenvalue weighted by Gasteiger charge is -2.31. The zero-order valence-electron chi connectivity index (χ0n) is 17.1. The Morgan fingerprint density at radius 3 is 2.34 bits per heavy atom. The number of sulfonamides is 1. The van der Waals surface area contributed by atoms with Gasteiger partial charge in [0.15, 0.2) is 0 Å². The zero-order chi connectivity index (χ0) is 23.5. The van der Waals surface area contributed by atoms with E-state index >= 15 is 0 Å². The summed E-state index contributed by atoms with van der Waals surface area (Å²) >= 11 is 0. The molecule has 32 heavy (non-hydrogen) atoms. The van der Waals surface area contributed by atoms with Crippen LogP contribution in [0.1, 0.15) is 28.8 Å². The molecule has 0 aliphatic carbocycles. The van der Waals surface area contributed by atoms with E-state index in [2.05, 4.69) is 10.1 Å². The first-order valence-corrected chi connectivity index (χ1v) is 11.1. The van der Waals surface area contributed by atoms with Gasteiger partial charge in [-0.2, -0.15) is 17.5 Å². The quantitative estimate of drug-likeness (QED) is 0.675. The third-order valence-electron chi connectivity index (χ3n) is 5.19. The summed E-state index contributed by atoms with van der Waals surface area (Å²) in [6.07, 6.45) is -4.51. The van der Waals surface area contributed by atoms with Gasteiger partial charge in [-0.05, 0) is 43.2 Å². The van der Waals surface area contributed by atoms with E-state index in [0.29, 0.717) is 5.69 Å². The maximum atomic E-state index is 13.3. The van der Waals surface area contributed by atoms with Crippen molar-refractivity contribution in [3.8, 4) is 0 Å². The van der Waals surface area contributed by atoms with Crippen LogP contribution in [-0.4, -0.2) is 44.8 Å². The number of hydrogen-bond donors (Lipinski definition) is 1. The number of carbonyl (C=O) groups is 2. The number of carbonyl (C=O) groups excluding carboxylic acids is 2. The first-order chi connectivity index (χ1) is 15.0. The molecule has 1 fully saturated rings. The molecule has 1 N–H and O–H groups in total. The summed E-state index contributed by atoms with van der Waals surface area (Å²) in [6, 6.07) is 10.2. The summed E-state index contributed by atoms with van der Waals surface area (Å²) < 4.78 is 71.0. The van der Waals surface area contributed by atoms with E-state index in [-0.39, 0.29) is 37.4 Å². The molecule has 0 saturated carbocycles. The lowest BCUT2D eigenvalue weighted by Crippen LogP contribution is -2.41. The van der Waals surface area contributed by atoms with Crippen molar-refractivity contribution in [1.29, 1.82) is 0 Å². The van der Waals surface area contributed by atoms with Crippen LogP contribution in [0.15, 0.2) is 53.4 Å². The molecule has 0 unspecified atom stereocenters. The molecule has 1 amide bonds. The second-order valence-corrected chi connectivity index (χ2v) is 9.14. The largest absolute Gasteiger partial charge is 0.465 e. The Labute approximate surface area is 183 Å². The van der Waals surface area contributed by atoms with E-state index < -0.39 is 38.5 Å². The van der Waals surface area contributed by atoms with Crippen LogP contribution in [0, 0.1) is 5.92 Å². The van der Waals surface area contributed by atoms with Gasteiger partial charge >= 0.3 is 12.1 Å². The van der Waals surface area contributed by atoms with Crippen molar-refractivity contribution >= 4 is 27.6 Å². The minimum Gasteiger partial charge on any atom is -0.465 e. The van der Waals surface area contributed by atoms with Gasteiger partial charge < -0.3 is 10.1 Å². The number of nitrogens with zero attached hydrogens (tertiary/aromatic N) is 1. The van der Waals surface area contributed by atoms with Gasteiger partial charge in [0.25, 0.3) is 0 Å². The second-order valence-electron chi connectivity index (χ2n) is 7.23. The number of amides is 1. The molecule has 2 aromatic rings. The smallest absolute Gasteiger partial charge is 0.417 e. The molecule has 1 aliphatic heterocycles. The van der Waals surface area contributed by atoms with E-state index in [9.17, 15) is 31.2 Å². The van der Waals surface area contributed by atoms with Crippen LogP contribution in [-0.2, 0) is 25.7 Å². The van der Waals surface area contributed by atoms with E-state index in [1.54, 1.807) is 12.1 Å². The summed E-state index contributed by atoms with van der Waals surface area (Å²) in [7, 11) is -3.13. The van der Waals surface area contributed by atoms with Crippen LogP contribution in [0.2, 0.25) is 0 Å². The molecule has 172 valence electrons. The summed E-state index contributed by atoms with van der Waals surface area (Å²) in [6.45, 7) is -0.177. The van der Waals surface area contributed by atoms with Gasteiger partial charge in [0, 0.05) is 24.7 Å². The monoisotopic (exact) mass is 470 g/mol. The Kier molecular flexibility index (Phi) is 6.89. The topological polar surface area (TPSA) is 92.8 Å². The van der Waals surface area contributed by atoms with E-state index in [1.165, 1.54) is 25.3 Å². The number of piperidine rings is 1. The fourth-order valence-corrected chi connectivity index (χ4v) is 5.19. The van der Waals surface area contributed by atoms with Crippen molar-refractivity contribution in [2.24, 2.45) is 5.92 Å².